The van der Waals surface area contributed by atoms with Crippen LogP contribution in [0.25, 0.3) is 11.3 Å². The van der Waals surface area contributed by atoms with Crippen LogP contribution in [0.4, 0.5) is 8.78 Å². The number of ether oxygens (including phenoxy) is 2. The zero-order valence-electron chi connectivity index (χ0n) is 19.5. The zero-order valence-corrected chi connectivity index (χ0v) is 20.3. The molecule has 0 radical (unpaired) electrons. The van der Waals surface area contributed by atoms with Crippen LogP contribution in [0.5, 0.6) is 11.6 Å². The van der Waals surface area contributed by atoms with E-state index < -0.39 is 6.67 Å². The average Bonchev–Trinajstić information content (AvgIpc) is 3.38. The van der Waals surface area contributed by atoms with Gasteiger partial charge < -0.3 is 19.7 Å². The van der Waals surface area contributed by atoms with E-state index in [0.29, 0.717) is 31.1 Å². The summed E-state index contributed by atoms with van der Waals surface area (Å²) in [6.07, 6.45) is 3.06. The van der Waals surface area contributed by atoms with Crippen molar-refractivity contribution in [2.45, 2.75) is 19.4 Å². The molecule has 1 N–H and O–H groups in total. The van der Waals surface area contributed by atoms with Gasteiger partial charge in [0.1, 0.15) is 29.9 Å². The van der Waals surface area contributed by atoms with Crippen molar-refractivity contribution in [3.05, 3.63) is 58.8 Å². The lowest BCUT2D eigenvalue weighted by Crippen LogP contribution is -2.46. The number of rotatable bonds is 10. The molecule has 36 heavy (non-hydrogen) atoms. The highest BCUT2D eigenvalue weighted by molar-refractivity contribution is 7.09. The van der Waals surface area contributed by atoms with Gasteiger partial charge in [-0.1, -0.05) is 0 Å². The standard InChI is InChI=1S/C25H26F2N4O4S/c26-9-11-34-15-24(32)31-10-1-2-18(14-31)25(33)29-13-23-30-21(16-36-23)17-3-8-22(28-12-17)35-20-6-4-19(27)5-7-20/h3-8,12,16,18H,1-2,9-11,13-15H2,(H,29,33)/t18-/m0/s1. The molecule has 1 aliphatic rings. The summed E-state index contributed by atoms with van der Waals surface area (Å²) in [5.41, 5.74) is 1.53. The van der Waals surface area contributed by atoms with Gasteiger partial charge in [-0.25, -0.2) is 18.7 Å². The Labute approximate surface area is 211 Å². The molecule has 0 unspecified atom stereocenters. The van der Waals surface area contributed by atoms with Gasteiger partial charge in [0.15, 0.2) is 0 Å². The number of carbonyl (C=O) groups excluding carboxylic acids is 2. The predicted octanol–water partition coefficient (Wildman–Crippen LogP) is 3.98. The van der Waals surface area contributed by atoms with Gasteiger partial charge >= 0.3 is 0 Å². The van der Waals surface area contributed by atoms with Crippen molar-refractivity contribution >= 4 is 23.2 Å². The van der Waals surface area contributed by atoms with Gasteiger partial charge in [0.05, 0.1) is 24.8 Å². The average molecular weight is 517 g/mol. The molecule has 1 aliphatic heterocycles. The molecular formula is C25H26F2N4O4S. The van der Waals surface area contributed by atoms with E-state index >= 15 is 0 Å². The number of nitrogens with zero attached hydrogens (tertiary/aromatic N) is 3. The lowest BCUT2D eigenvalue weighted by molar-refractivity contribution is -0.139. The molecule has 1 saturated heterocycles. The van der Waals surface area contributed by atoms with Crippen molar-refractivity contribution in [1.29, 1.82) is 0 Å². The fourth-order valence-corrected chi connectivity index (χ4v) is 4.51. The number of likely N-dealkylation sites (tertiary alicyclic amines) is 1. The van der Waals surface area contributed by atoms with Gasteiger partial charge in [-0.2, -0.15) is 0 Å². The number of thiazole rings is 1. The van der Waals surface area contributed by atoms with Crippen molar-refractivity contribution in [2.75, 3.05) is 33.0 Å². The fourth-order valence-electron chi connectivity index (χ4n) is 3.77. The maximum Gasteiger partial charge on any atom is 0.248 e. The Morgan fingerprint density at radius 3 is 2.78 bits per heavy atom. The molecule has 190 valence electrons. The first-order valence-electron chi connectivity index (χ1n) is 11.6. The number of nitrogens with one attached hydrogen (secondary N) is 1. The van der Waals surface area contributed by atoms with Crippen molar-refractivity contribution in [1.82, 2.24) is 20.2 Å². The minimum Gasteiger partial charge on any atom is -0.439 e. The summed E-state index contributed by atoms with van der Waals surface area (Å²) in [5, 5.41) is 5.54. The molecule has 0 bridgehead atoms. The van der Waals surface area contributed by atoms with Crippen LogP contribution < -0.4 is 10.1 Å². The molecular weight excluding hydrogens is 490 g/mol. The molecule has 3 aromatic rings. The summed E-state index contributed by atoms with van der Waals surface area (Å²) in [5.74, 6) is -0.137. The number of pyridine rings is 1. The number of halogens is 2. The van der Waals surface area contributed by atoms with E-state index in [4.69, 9.17) is 9.47 Å². The highest BCUT2D eigenvalue weighted by atomic mass is 32.1. The summed E-state index contributed by atoms with van der Waals surface area (Å²) in [6.45, 7) is 0.263. The van der Waals surface area contributed by atoms with E-state index in [9.17, 15) is 18.4 Å². The quantitative estimate of drug-likeness (QED) is 0.410. The van der Waals surface area contributed by atoms with E-state index in [2.05, 4.69) is 15.3 Å². The normalized spacial score (nSPS) is 15.5. The number of hydrogen-bond acceptors (Lipinski definition) is 7. The number of amides is 2. The van der Waals surface area contributed by atoms with Crippen LogP contribution in [0.15, 0.2) is 48.0 Å². The maximum atomic E-state index is 13.0. The van der Waals surface area contributed by atoms with E-state index in [0.717, 1.165) is 22.7 Å². The van der Waals surface area contributed by atoms with E-state index in [1.807, 2.05) is 11.4 Å². The second-order valence-electron chi connectivity index (χ2n) is 8.21. The highest BCUT2D eigenvalue weighted by Gasteiger charge is 2.28. The SMILES string of the molecule is O=C(NCc1nc(-c2ccc(Oc3ccc(F)cc3)nc2)cs1)[C@H]1CCCN(C(=O)COCCF)C1. The number of piperidine rings is 1. The summed E-state index contributed by atoms with van der Waals surface area (Å²) in [6, 6.07) is 9.22. The third-order valence-corrected chi connectivity index (χ3v) is 6.47. The lowest BCUT2D eigenvalue weighted by Gasteiger charge is -2.32. The number of carbonyl (C=O) groups is 2. The Kier molecular flexibility index (Phi) is 8.90. The molecule has 8 nitrogen and oxygen atoms in total. The Bertz CT molecular complexity index is 1160. The molecule has 1 fully saturated rings. The molecule has 3 heterocycles. The molecule has 1 atom stereocenters. The van der Waals surface area contributed by atoms with Crippen LogP contribution >= 0.6 is 11.3 Å². The van der Waals surface area contributed by atoms with Crippen molar-refractivity contribution in [3.8, 4) is 22.9 Å². The first kappa shape index (κ1) is 25.6. The number of alkyl halides is 1. The van der Waals surface area contributed by atoms with Crippen molar-refractivity contribution in [2.24, 2.45) is 5.92 Å². The van der Waals surface area contributed by atoms with Gasteiger partial charge in [0.25, 0.3) is 0 Å². The summed E-state index contributed by atoms with van der Waals surface area (Å²) < 4.78 is 35.8. The van der Waals surface area contributed by atoms with Crippen molar-refractivity contribution < 1.29 is 27.8 Å². The van der Waals surface area contributed by atoms with Gasteiger partial charge in [-0.05, 0) is 43.2 Å². The van der Waals surface area contributed by atoms with E-state index in [-0.39, 0.29) is 43.3 Å². The van der Waals surface area contributed by atoms with E-state index in [1.165, 1.54) is 35.6 Å². The van der Waals surface area contributed by atoms with Crippen LogP contribution in [0.3, 0.4) is 0 Å². The van der Waals surface area contributed by atoms with Gasteiger partial charge in [-0.3, -0.25) is 9.59 Å². The minimum absolute atomic E-state index is 0.108. The Balaban J connectivity index is 1.26. The van der Waals surface area contributed by atoms with Gasteiger partial charge in [0.2, 0.25) is 17.7 Å². The molecule has 0 aliphatic carbocycles. The second kappa shape index (κ2) is 12.5. The lowest BCUT2D eigenvalue weighted by atomic mass is 9.97. The van der Waals surface area contributed by atoms with E-state index in [1.54, 1.807) is 17.2 Å². The molecule has 0 saturated carbocycles. The third kappa shape index (κ3) is 7.05. The Hall–Kier alpha value is -3.44. The van der Waals surface area contributed by atoms with Crippen LogP contribution in [0.2, 0.25) is 0 Å². The van der Waals surface area contributed by atoms with Gasteiger partial charge in [-0.15, -0.1) is 11.3 Å². The van der Waals surface area contributed by atoms with Gasteiger partial charge in [0, 0.05) is 36.3 Å². The highest BCUT2D eigenvalue weighted by Crippen LogP contribution is 2.25. The molecule has 4 rings (SSSR count). The Morgan fingerprint density at radius 1 is 1.19 bits per heavy atom. The molecule has 11 heteroatoms. The molecule has 1 aromatic carbocycles. The number of benzene rings is 1. The van der Waals surface area contributed by atoms with Crippen LogP contribution in [0.1, 0.15) is 17.8 Å². The predicted molar refractivity (Wildman–Crippen MR) is 130 cm³/mol. The topological polar surface area (TPSA) is 93.6 Å². The first-order chi connectivity index (χ1) is 17.5. The summed E-state index contributed by atoms with van der Waals surface area (Å²) in [7, 11) is 0. The monoisotopic (exact) mass is 516 g/mol. The zero-order chi connectivity index (χ0) is 25.3. The van der Waals surface area contributed by atoms with Crippen molar-refractivity contribution in [3.63, 3.8) is 0 Å². The Morgan fingerprint density at radius 2 is 2.03 bits per heavy atom. The first-order valence-corrected chi connectivity index (χ1v) is 12.4. The van der Waals surface area contributed by atoms with Crippen LogP contribution in [-0.4, -0.2) is 59.7 Å². The number of hydrogen-bond donors (Lipinski definition) is 1. The molecule has 0 spiro atoms. The second-order valence-corrected chi connectivity index (χ2v) is 9.15. The molecule has 2 amide bonds. The minimum atomic E-state index is -0.634. The largest absolute Gasteiger partial charge is 0.439 e. The third-order valence-electron chi connectivity index (χ3n) is 5.63. The summed E-state index contributed by atoms with van der Waals surface area (Å²) in [4.78, 5) is 35.3. The maximum absolute atomic E-state index is 13.0. The summed E-state index contributed by atoms with van der Waals surface area (Å²) >= 11 is 1.43. The van der Waals surface area contributed by atoms with Crippen LogP contribution in [0, 0.1) is 11.7 Å². The molecule has 2 aromatic heterocycles. The van der Waals surface area contributed by atoms with Crippen LogP contribution in [-0.2, 0) is 20.9 Å². The smallest absolute Gasteiger partial charge is 0.248 e. The fraction of sp³-hybridized carbons (Fsp3) is 0.360. The number of aromatic nitrogens is 2.